The zero-order valence-corrected chi connectivity index (χ0v) is 19.3. The summed E-state index contributed by atoms with van der Waals surface area (Å²) in [6.07, 6.45) is 0. The van der Waals surface area contributed by atoms with Crippen molar-refractivity contribution in [2.45, 2.75) is 18.7 Å². The number of hydrogen-bond acceptors (Lipinski definition) is 6. The molecule has 34 heavy (non-hydrogen) atoms. The number of thioether (sulfide) groups is 1. The van der Waals surface area contributed by atoms with E-state index in [2.05, 4.69) is 5.32 Å². The fraction of sp³-hybridized carbons (Fsp3) is 0.192. The van der Waals surface area contributed by atoms with Gasteiger partial charge in [0.15, 0.2) is 6.61 Å². The second-order valence-corrected chi connectivity index (χ2v) is 8.78. The fourth-order valence-electron chi connectivity index (χ4n) is 3.64. The van der Waals surface area contributed by atoms with Gasteiger partial charge >= 0.3 is 11.6 Å². The van der Waals surface area contributed by atoms with Crippen LogP contribution >= 0.6 is 11.8 Å². The van der Waals surface area contributed by atoms with Crippen LogP contribution in [0.4, 0.5) is 0 Å². The van der Waals surface area contributed by atoms with Crippen LogP contribution in [0.1, 0.15) is 11.1 Å². The Morgan fingerprint density at radius 2 is 1.71 bits per heavy atom. The number of aliphatic carboxylic acids is 1. The van der Waals surface area contributed by atoms with Crippen LogP contribution < -0.4 is 15.7 Å². The van der Waals surface area contributed by atoms with E-state index < -0.39 is 23.5 Å². The lowest BCUT2D eigenvalue weighted by Gasteiger charge is -2.15. The molecule has 0 radical (unpaired) electrons. The van der Waals surface area contributed by atoms with Crippen LogP contribution in [0.3, 0.4) is 0 Å². The molecule has 174 valence electrons. The molecule has 1 aromatic heterocycles. The number of ether oxygens (including phenoxy) is 1. The maximum absolute atomic E-state index is 12.4. The Morgan fingerprint density at radius 1 is 1.00 bits per heavy atom. The summed E-state index contributed by atoms with van der Waals surface area (Å²) < 4.78 is 11.2. The minimum Gasteiger partial charge on any atom is -0.483 e. The zero-order valence-electron chi connectivity index (χ0n) is 18.4. The molecule has 0 aliphatic rings. The van der Waals surface area contributed by atoms with Crippen LogP contribution in [0.5, 0.6) is 5.75 Å². The molecular weight excluding hydrogens is 454 g/mol. The van der Waals surface area contributed by atoms with Gasteiger partial charge in [-0.05, 0) is 36.1 Å². The summed E-state index contributed by atoms with van der Waals surface area (Å²) in [6, 6.07) is 19.3. The van der Waals surface area contributed by atoms with Crippen molar-refractivity contribution in [3.8, 4) is 5.75 Å². The molecule has 0 aliphatic heterocycles. The van der Waals surface area contributed by atoms with Gasteiger partial charge < -0.3 is 19.6 Å². The van der Waals surface area contributed by atoms with Crippen molar-refractivity contribution >= 4 is 45.4 Å². The Kier molecular flexibility index (Phi) is 7.18. The number of nitrogens with one attached hydrogen (secondary N) is 1. The summed E-state index contributed by atoms with van der Waals surface area (Å²) in [5.41, 5.74) is 1.61. The molecule has 8 heteroatoms. The van der Waals surface area contributed by atoms with E-state index >= 15 is 0 Å². The van der Waals surface area contributed by atoms with Crippen LogP contribution in [-0.2, 0) is 15.3 Å². The maximum Gasteiger partial charge on any atom is 0.344 e. The lowest BCUT2D eigenvalue weighted by atomic mass is 10.0. The van der Waals surface area contributed by atoms with Gasteiger partial charge in [0.05, 0.1) is 5.39 Å². The number of hydrogen-bond donors (Lipinski definition) is 2. The summed E-state index contributed by atoms with van der Waals surface area (Å²) in [4.78, 5) is 36.3. The Morgan fingerprint density at radius 3 is 2.44 bits per heavy atom. The van der Waals surface area contributed by atoms with Crippen LogP contribution in [0.2, 0.25) is 0 Å². The molecule has 0 bridgehead atoms. The van der Waals surface area contributed by atoms with Crippen molar-refractivity contribution in [3.63, 3.8) is 0 Å². The lowest BCUT2D eigenvalue weighted by Crippen LogP contribution is -2.44. The van der Waals surface area contributed by atoms with Crippen molar-refractivity contribution in [3.05, 3.63) is 88.3 Å². The molecule has 4 rings (SSSR count). The highest BCUT2D eigenvalue weighted by Crippen LogP contribution is 2.30. The van der Waals surface area contributed by atoms with Gasteiger partial charge in [-0.3, -0.25) is 4.79 Å². The summed E-state index contributed by atoms with van der Waals surface area (Å²) in [6.45, 7) is 1.38. The average Bonchev–Trinajstić information content (AvgIpc) is 2.84. The molecule has 0 aliphatic carbocycles. The number of carbonyl (C=O) groups is 2. The molecule has 0 spiro atoms. The molecule has 2 N–H and O–H groups in total. The van der Waals surface area contributed by atoms with Crippen LogP contribution in [0, 0.1) is 6.92 Å². The van der Waals surface area contributed by atoms with Gasteiger partial charge in [0, 0.05) is 22.5 Å². The van der Waals surface area contributed by atoms with Crippen LogP contribution in [0.15, 0.2) is 75.9 Å². The fourth-order valence-corrected chi connectivity index (χ4v) is 4.65. The summed E-state index contributed by atoms with van der Waals surface area (Å²) in [5, 5.41) is 14.0. The highest BCUT2D eigenvalue weighted by atomic mass is 32.2. The number of fused-ring (bicyclic) bond motifs is 3. The first-order valence-corrected chi connectivity index (χ1v) is 11.8. The average molecular weight is 478 g/mol. The third kappa shape index (κ3) is 5.23. The van der Waals surface area contributed by atoms with Crippen molar-refractivity contribution in [2.75, 3.05) is 12.4 Å². The molecule has 4 aromatic rings. The van der Waals surface area contributed by atoms with E-state index in [-0.39, 0.29) is 12.4 Å². The van der Waals surface area contributed by atoms with Crippen LogP contribution in [-0.4, -0.2) is 35.4 Å². The second kappa shape index (κ2) is 10.4. The first-order valence-electron chi connectivity index (χ1n) is 10.7. The smallest absolute Gasteiger partial charge is 0.344 e. The van der Waals surface area contributed by atoms with Gasteiger partial charge in [-0.25, -0.2) is 9.59 Å². The van der Waals surface area contributed by atoms with E-state index in [1.165, 1.54) is 11.8 Å². The first-order chi connectivity index (χ1) is 16.4. The molecule has 0 saturated carbocycles. The zero-order chi connectivity index (χ0) is 24.1. The topological polar surface area (TPSA) is 106 Å². The number of amides is 1. The third-order valence-corrected chi connectivity index (χ3v) is 6.48. The predicted molar refractivity (Wildman–Crippen MR) is 132 cm³/mol. The van der Waals surface area contributed by atoms with E-state index in [4.69, 9.17) is 9.15 Å². The van der Waals surface area contributed by atoms with Gasteiger partial charge in [0.1, 0.15) is 17.4 Å². The normalized spacial score (nSPS) is 11.9. The van der Waals surface area contributed by atoms with E-state index in [1.807, 2.05) is 42.5 Å². The van der Waals surface area contributed by atoms with E-state index in [0.29, 0.717) is 28.0 Å². The van der Waals surface area contributed by atoms with Crippen molar-refractivity contribution in [2.24, 2.45) is 0 Å². The monoisotopic (exact) mass is 477 g/mol. The molecule has 3 aromatic carbocycles. The number of carboxylic acids is 1. The largest absolute Gasteiger partial charge is 0.483 e. The molecule has 0 saturated heterocycles. The Balaban J connectivity index is 1.40. The standard InChI is InChI=1S/C26H23NO6S/c1-16-22(12-11-19-18-9-5-6-10-20(18)26(31)33-24(16)19)32-13-23(28)27-21(25(29)30)15-34-14-17-7-3-2-4-8-17/h2-12,21H,13-15H2,1H3,(H,27,28)(H,29,30). The Bertz CT molecular complexity index is 1400. The molecule has 0 fully saturated rings. The van der Waals surface area contributed by atoms with E-state index in [1.54, 1.807) is 31.2 Å². The van der Waals surface area contributed by atoms with E-state index in [9.17, 15) is 19.5 Å². The summed E-state index contributed by atoms with van der Waals surface area (Å²) >= 11 is 1.43. The van der Waals surface area contributed by atoms with Gasteiger partial charge in [0.2, 0.25) is 0 Å². The molecule has 1 amide bonds. The highest BCUT2D eigenvalue weighted by Gasteiger charge is 2.21. The van der Waals surface area contributed by atoms with E-state index in [0.717, 1.165) is 16.3 Å². The minimum absolute atomic E-state index is 0.225. The second-order valence-electron chi connectivity index (χ2n) is 7.75. The predicted octanol–water partition coefficient (Wildman–Crippen LogP) is 4.14. The number of rotatable bonds is 9. The molecule has 1 heterocycles. The van der Waals surface area contributed by atoms with Gasteiger partial charge in [0.25, 0.3) is 5.91 Å². The molecule has 1 atom stereocenters. The minimum atomic E-state index is -1.11. The van der Waals surface area contributed by atoms with Gasteiger partial charge in [-0.2, -0.15) is 11.8 Å². The molecular formula is C26H23NO6S. The Labute approximate surface area is 199 Å². The Hall–Kier alpha value is -3.78. The maximum atomic E-state index is 12.4. The highest BCUT2D eigenvalue weighted by molar-refractivity contribution is 7.98. The number of carboxylic acid groups (broad SMARTS) is 1. The molecule has 7 nitrogen and oxygen atoms in total. The number of benzene rings is 3. The van der Waals surface area contributed by atoms with Crippen molar-refractivity contribution in [1.29, 1.82) is 0 Å². The summed E-state index contributed by atoms with van der Waals surface area (Å²) in [7, 11) is 0. The lowest BCUT2D eigenvalue weighted by molar-refractivity contribution is -0.141. The first kappa shape index (κ1) is 23.4. The van der Waals surface area contributed by atoms with Gasteiger partial charge in [-0.1, -0.05) is 48.5 Å². The van der Waals surface area contributed by atoms with Crippen molar-refractivity contribution < 1.29 is 23.8 Å². The summed E-state index contributed by atoms with van der Waals surface area (Å²) in [5.74, 6) is -0.404. The van der Waals surface area contributed by atoms with Gasteiger partial charge in [-0.15, -0.1) is 0 Å². The van der Waals surface area contributed by atoms with Crippen LogP contribution in [0.25, 0.3) is 21.7 Å². The third-order valence-electron chi connectivity index (χ3n) is 5.38. The SMILES string of the molecule is Cc1c(OCC(=O)NC(CSCc2ccccc2)C(=O)O)ccc2c1oc(=O)c1ccccc12. The number of carbonyl (C=O) groups excluding carboxylic acids is 1. The number of aryl methyl sites for hydroxylation is 1. The molecule has 1 unspecified atom stereocenters. The quantitative estimate of drug-likeness (QED) is 0.276. The van der Waals surface area contributed by atoms with Crippen molar-refractivity contribution in [1.82, 2.24) is 5.32 Å².